The molecule has 0 aliphatic rings. The van der Waals surface area contributed by atoms with E-state index in [1.165, 1.54) is 22.3 Å². The smallest absolute Gasteiger partial charge is 0.305 e. The van der Waals surface area contributed by atoms with E-state index in [0.717, 1.165) is 33.9 Å². The van der Waals surface area contributed by atoms with E-state index in [4.69, 9.17) is 0 Å². The maximum absolute atomic E-state index is 4.31. The number of hydrogen-bond acceptors (Lipinski definition) is 4. The molecule has 4 nitrogen and oxygen atoms in total. The first kappa shape index (κ1) is 38.2. The van der Waals surface area contributed by atoms with E-state index in [-0.39, 0.29) is 42.1 Å². The summed E-state index contributed by atoms with van der Waals surface area (Å²) in [6.07, 6.45) is 7.07. The van der Waals surface area contributed by atoms with Crippen molar-refractivity contribution in [3.8, 4) is 22.5 Å². The average molecular weight is 939 g/mol. The Balaban J connectivity index is 0.000000303. The molecule has 6 aromatic rings. The Morgan fingerprint density at radius 2 is 0.818 bits per heavy atom. The molecule has 4 aromatic heterocycles. The molecule has 6 rings (SSSR count). The van der Waals surface area contributed by atoms with E-state index in [1.54, 1.807) is 12.4 Å². The summed E-state index contributed by atoms with van der Waals surface area (Å²) in [5.74, 6) is 0. The van der Waals surface area contributed by atoms with Gasteiger partial charge in [0.2, 0.25) is 0 Å². The zero-order valence-electron chi connectivity index (χ0n) is 25.4. The zero-order chi connectivity index (χ0) is 30.2. The molecule has 6 heteroatoms. The van der Waals surface area contributed by atoms with Crippen molar-refractivity contribution in [1.29, 1.82) is 0 Å². The van der Waals surface area contributed by atoms with Crippen LogP contribution in [0.25, 0.3) is 22.5 Å². The van der Waals surface area contributed by atoms with Crippen LogP contribution in [-0.2, 0) is 42.1 Å². The fraction of sp³-hybridized carbons (Fsp3) is 0.105. The summed E-state index contributed by atoms with van der Waals surface area (Å²) in [5, 5.41) is 0. The molecule has 0 N–H and O–H groups in total. The number of aromatic nitrogens is 4. The van der Waals surface area contributed by atoms with Gasteiger partial charge in [-0.05, 0) is 23.5 Å². The maximum atomic E-state index is 4.31. The van der Waals surface area contributed by atoms with Gasteiger partial charge in [0.25, 0.3) is 0 Å². The molecule has 0 unspecified atom stereocenters. The van der Waals surface area contributed by atoms with Crippen molar-refractivity contribution in [2.75, 3.05) is 0 Å². The van der Waals surface area contributed by atoms with Crippen molar-refractivity contribution in [3.05, 3.63) is 181 Å². The molecule has 0 amide bonds. The minimum Gasteiger partial charge on any atom is -0.305 e. The van der Waals surface area contributed by atoms with Crippen molar-refractivity contribution in [2.45, 2.75) is 27.7 Å². The predicted molar refractivity (Wildman–Crippen MR) is 173 cm³/mol. The summed E-state index contributed by atoms with van der Waals surface area (Å²) in [6.45, 7) is 15.6. The summed E-state index contributed by atoms with van der Waals surface area (Å²) in [4.78, 5) is 16.4. The number of pyridine rings is 4. The van der Waals surface area contributed by atoms with E-state index in [2.05, 4.69) is 85.7 Å². The number of aryl methyl sites for hydroxylation is 4. The van der Waals surface area contributed by atoms with Crippen molar-refractivity contribution >= 4 is 0 Å². The minimum atomic E-state index is 0. The molecule has 0 aliphatic carbocycles. The second kappa shape index (κ2) is 21.0. The largest absolute Gasteiger partial charge is 2.00 e. The molecule has 0 bridgehead atoms. The molecule has 0 saturated carbocycles. The van der Waals surface area contributed by atoms with E-state index >= 15 is 0 Å². The average Bonchev–Trinajstić information content (AvgIpc) is 3.00. The van der Waals surface area contributed by atoms with Crippen molar-refractivity contribution in [3.63, 3.8) is 0 Å². The van der Waals surface area contributed by atoms with Crippen LogP contribution in [0, 0.1) is 53.7 Å². The van der Waals surface area contributed by atoms with Crippen LogP contribution in [0.15, 0.2) is 122 Å². The summed E-state index contributed by atoms with van der Waals surface area (Å²) in [5.41, 5.74) is 10.7. The van der Waals surface area contributed by atoms with Crippen LogP contribution in [0.5, 0.6) is 0 Å². The Hall–Kier alpha value is -3.84. The zero-order valence-corrected chi connectivity index (χ0v) is 29.9. The number of nitrogens with zero attached hydrogens (tertiary/aromatic N) is 4. The Morgan fingerprint density at radius 3 is 1.05 bits per heavy atom. The molecule has 2 aromatic carbocycles. The van der Waals surface area contributed by atoms with Gasteiger partial charge in [-0.15, -0.1) is 93.3 Å². The van der Waals surface area contributed by atoms with Crippen LogP contribution in [0.2, 0.25) is 0 Å². The monoisotopic (exact) mass is 938 g/mol. The van der Waals surface area contributed by atoms with Crippen LogP contribution in [-0.4, -0.2) is 19.9 Å². The first-order valence-electron chi connectivity index (χ1n) is 13.6. The summed E-state index contributed by atoms with van der Waals surface area (Å²) < 4.78 is 0. The van der Waals surface area contributed by atoms with Gasteiger partial charge in [0.15, 0.2) is 0 Å². The Morgan fingerprint density at radius 1 is 0.477 bits per heavy atom. The summed E-state index contributed by atoms with van der Waals surface area (Å²) in [6, 6.07) is 38.0. The molecule has 0 atom stereocenters. The SMILES string of the molecule is Cc1c[c-]c(-c2ccccn2)c(C)c1.Cc1c[c-]c(-c2ccccn2)c(C)c1.[CH2-]c1ccccn1.[CH2-]c1ccccn1.[Pt+2].[Pt+2]. The van der Waals surface area contributed by atoms with Crippen LogP contribution >= 0.6 is 0 Å². The van der Waals surface area contributed by atoms with Gasteiger partial charge in [0.05, 0.1) is 0 Å². The topological polar surface area (TPSA) is 51.6 Å². The van der Waals surface area contributed by atoms with Gasteiger partial charge in [0, 0.05) is 24.8 Å². The van der Waals surface area contributed by atoms with Crippen LogP contribution < -0.4 is 0 Å². The molecule has 44 heavy (non-hydrogen) atoms. The predicted octanol–water partition coefficient (Wildman–Crippen LogP) is 8.85. The van der Waals surface area contributed by atoms with E-state index < -0.39 is 0 Å². The van der Waals surface area contributed by atoms with Crippen LogP contribution in [0.1, 0.15) is 33.6 Å². The number of benzene rings is 2. The van der Waals surface area contributed by atoms with E-state index in [9.17, 15) is 0 Å². The first-order valence-corrected chi connectivity index (χ1v) is 13.6. The molecule has 228 valence electrons. The van der Waals surface area contributed by atoms with Gasteiger partial charge in [-0.25, -0.2) is 13.8 Å². The summed E-state index contributed by atoms with van der Waals surface area (Å²) in [7, 11) is 0. The fourth-order valence-electron chi connectivity index (χ4n) is 3.88. The third-order valence-corrected chi connectivity index (χ3v) is 5.86. The van der Waals surface area contributed by atoms with E-state index in [1.807, 2.05) is 97.3 Å². The van der Waals surface area contributed by atoms with Gasteiger partial charge >= 0.3 is 42.1 Å². The molecular formula is C38H36N4Pt2. The molecular weight excluding hydrogens is 903 g/mol. The number of rotatable bonds is 2. The second-order valence-corrected chi connectivity index (χ2v) is 9.54. The van der Waals surface area contributed by atoms with Crippen LogP contribution in [0.3, 0.4) is 0 Å². The second-order valence-electron chi connectivity index (χ2n) is 9.54. The van der Waals surface area contributed by atoms with E-state index in [0.29, 0.717) is 0 Å². The number of hydrogen-bond donors (Lipinski definition) is 0. The molecule has 0 aliphatic heterocycles. The van der Waals surface area contributed by atoms with Crippen molar-refractivity contribution < 1.29 is 42.1 Å². The Labute approximate surface area is 292 Å². The fourth-order valence-corrected chi connectivity index (χ4v) is 3.88. The quantitative estimate of drug-likeness (QED) is 0.163. The normalized spacial score (nSPS) is 9.18. The third-order valence-electron chi connectivity index (χ3n) is 5.86. The molecule has 0 radical (unpaired) electrons. The third kappa shape index (κ3) is 13.6. The first-order chi connectivity index (χ1) is 20.3. The Bertz CT molecular complexity index is 1490. The Kier molecular flexibility index (Phi) is 18.2. The van der Waals surface area contributed by atoms with Crippen molar-refractivity contribution in [1.82, 2.24) is 19.9 Å². The van der Waals surface area contributed by atoms with Gasteiger partial charge < -0.3 is 9.97 Å². The van der Waals surface area contributed by atoms with Gasteiger partial charge in [-0.2, -0.15) is 12.1 Å². The van der Waals surface area contributed by atoms with Crippen LogP contribution in [0.4, 0.5) is 0 Å². The summed E-state index contributed by atoms with van der Waals surface area (Å²) >= 11 is 0. The van der Waals surface area contributed by atoms with Gasteiger partial charge in [-0.3, -0.25) is 9.97 Å². The van der Waals surface area contributed by atoms with Gasteiger partial charge in [0.1, 0.15) is 0 Å². The minimum absolute atomic E-state index is 0. The van der Waals surface area contributed by atoms with Crippen molar-refractivity contribution in [2.24, 2.45) is 0 Å². The molecule has 0 fully saturated rings. The molecule has 4 heterocycles. The standard InChI is InChI=1S/2C13H12N.2C6H6N.2Pt/c2*1-10-6-7-12(11(2)9-10)13-5-3-4-8-14-13;2*1-6-4-2-3-5-7-6;;/h2*3-6,8-9H,1-2H3;2*2-5H,1H2;;/q4*-1;2*+2. The molecule has 0 saturated heterocycles. The maximum Gasteiger partial charge on any atom is 2.00 e. The molecule has 0 spiro atoms. The van der Waals surface area contributed by atoms with Gasteiger partial charge in [-0.1, -0.05) is 64.1 Å².